The molecule has 1 saturated heterocycles. The van der Waals surface area contributed by atoms with Crippen LogP contribution in [0.3, 0.4) is 0 Å². The van der Waals surface area contributed by atoms with Gasteiger partial charge < -0.3 is 5.73 Å². The molecule has 0 spiro atoms. The molecule has 0 bridgehead atoms. The Morgan fingerprint density at radius 2 is 1.96 bits per heavy atom. The van der Waals surface area contributed by atoms with Crippen LogP contribution < -0.4 is 5.73 Å². The van der Waals surface area contributed by atoms with Gasteiger partial charge in [-0.05, 0) is 36.1 Å². The summed E-state index contributed by atoms with van der Waals surface area (Å²) in [4.78, 5) is -0.0447. The minimum atomic E-state index is -3.82. The van der Waals surface area contributed by atoms with Gasteiger partial charge in [-0.3, -0.25) is 0 Å². The fourth-order valence-electron chi connectivity index (χ4n) is 2.66. The molecule has 1 aromatic carbocycles. The van der Waals surface area contributed by atoms with Gasteiger partial charge in [0, 0.05) is 24.4 Å². The first-order valence-corrected chi connectivity index (χ1v) is 11.0. The minimum Gasteiger partial charge on any atom is -0.330 e. The van der Waals surface area contributed by atoms with Crippen LogP contribution in [0, 0.1) is 5.41 Å². The molecule has 0 radical (unpaired) electrons. The van der Waals surface area contributed by atoms with Crippen LogP contribution in [-0.2, 0) is 25.6 Å². The van der Waals surface area contributed by atoms with Gasteiger partial charge in [0.25, 0.3) is 0 Å². The van der Waals surface area contributed by atoms with E-state index in [-0.39, 0.29) is 26.6 Å². The van der Waals surface area contributed by atoms with Crippen LogP contribution >= 0.6 is 11.6 Å². The van der Waals surface area contributed by atoms with Gasteiger partial charge in [-0.15, -0.1) is 0 Å². The molecule has 9 heteroatoms. The number of hydrogen-bond donors (Lipinski definition) is 1. The van der Waals surface area contributed by atoms with Gasteiger partial charge in [-0.25, -0.2) is 16.8 Å². The fourth-order valence-corrected chi connectivity index (χ4v) is 5.64. The number of sulfone groups is 1. The molecule has 1 aliphatic rings. The van der Waals surface area contributed by atoms with E-state index in [1.165, 1.54) is 22.5 Å². The molecular formula is C14H21ClN2O4S2. The minimum absolute atomic E-state index is 0.0447. The van der Waals surface area contributed by atoms with Crippen molar-refractivity contribution in [2.75, 3.05) is 25.9 Å². The monoisotopic (exact) mass is 380 g/mol. The molecule has 0 saturated carbocycles. The zero-order valence-electron chi connectivity index (χ0n) is 13.1. The first kappa shape index (κ1) is 18.7. The lowest BCUT2D eigenvalue weighted by Gasteiger charge is -2.23. The highest BCUT2D eigenvalue weighted by Gasteiger charge is 2.39. The van der Waals surface area contributed by atoms with Gasteiger partial charge >= 0.3 is 0 Å². The van der Waals surface area contributed by atoms with E-state index in [2.05, 4.69) is 0 Å². The van der Waals surface area contributed by atoms with Crippen molar-refractivity contribution in [1.82, 2.24) is 4.31 Å². The summed E-state index contributed by atoms with van der Waals surface area (Å²) in [6, 6.07) is 4.26. The van der Waals surface area contributed by atoms with Crippen molar-refractivity contribution in [3.05, 3.63) is 28.8 Å². The number of benzene rings is 1. The summed E-state index contributed by atoms with van der Waals surface area (Å²) in [7, 11) is -7.19. The SMILES string of the molecule is CC1(CN)CCN(S(=O)(=O)c2cc(Cl)ccc2CS(C)(=O)=O)C1. The summed E-state index contributed by atoms with van der Waals surface area (Å²) in [5.74, 6) is -0.346. The number of nitrogens with two attached hydrogens (primary N) is 1. The quantitative estimate of drug-likeness (QED) is 0.828. The summed E-state index contributed by atoms with van der Waals surface area (Å²) >= 11 is 5.93. The van der Waals surface area contributed by atoms with E-state index in [1.807, 2.05) is 6.92 Å². The van der Waals surface area contributed by atoms with Crippen LogP contribution in [0.15, 0.2) is 23.1 Å². The summed E-state index contributed by atoms with van der Waals surface area (Å²) < 4.78 is 50.4. The van der Waals surface area contributed by atoms with E-state index in [0.717, 1.165) is 6.26 Å². The topological polar surface area (TPSA) is 97.5 Å². The molecule has 1 fully saturated rings. The second kappa shape index (κ2) is 6.33. The van der Waals surface area contributed by atoms with Crippen molar-refractivity contribution in [1.29, 1.82) is 0 Å². The zero-order chi connectivity index (χ0) is 17.5. The second-order valence-corrected chi connectivity index (χ2v) is 10.9. The summed E-state index contributed by atoms with van der Waals surface area (Å²) in [5.41, 5.74) is 5.70. The predicted molar refractivity (Wildman–Crippen MR) is 90.5 cm³/mol. The molecule has 0 aromatic heterocycles. The van der Waals surface area contributed by atoms with Gasteiger partial charge in [-0.1, -0.05) is 24.6 Å². The zero-order valence-corrected chi connectivity index (χ0v) is 15.5. The molecule has 0 amide bonds. The normalized spacial score (nSPS) is 23.3. The van der Waals surface area contributed by atoms with Crippen molar-refractivity contribution in [3.63, 3.8) is 0 Å². The third-order valence-corrected chi connectivity index (χ3v) is 7.08. The molecule has 1 aliphatic heterocycles. The maximum absolute atomic E-state index is 12.9. The predicted octanol–water partition coefficient (Wildman–Crippen LogP) is 1.24. The lowest BCUT2D eigenvalue weighted by atomic mass is 9.90. The second-order valence-electron chi connectivity index (χ2n) is 6.43. The maximum atomic E-state index is 12.9. The number of hydrogen-bond acceptors (Lipinski definition) is 5. The molecular weight excluding hydrogens is 360 g/mol. The number of halogens is 1. The van der Waals surface area contributed by atoms with Crippen molar-refractivity contribution in [3.8, 4) is 0 Å². The smallest absolute Gasteiger partial charge is 0.243 e. The Morgan fingerprint density at radius 1 is 1.30 bits per heavy atom. The van der Waals surface area contributed by atoms with E-state index >= 15 is 0 Å². The van der Waals surface area contributed by atoms with Crippen LogP contribution in [0.1, 0.15) is 18.9 Å². The molecule has 6 nitrogen and oxygen atoms in total. The van der Waals surface area contributed by atoms with E-state index in [0.29, 0.717) is 26.1 Å². The van der Waals surface area contributed by atoms with Crippen molar-refractivity contribution in [2.45, 2.75) is 24.0 Å². The van der Waals surface area contributed by atoms with Gasteiger partial charge in [-0.2, -0.15) is 4.31 Å². The van der Waals surface area contributed by atoms with Crippen molar-refractivity contribution < 1.29 is 16.8 Å². The van der Waals surface area contributed by atoms with Gasteiger partial charge in [0.15, 0.2) is 9.84 Å². The standard InChI is InChI=1S/C14H21ClN2O4S2/c1-14(9-16)5-6-17(10-14)23(20,21)13-7-12(15)4-3-11(13)8-22(2,18)19/h3-4,7H,5-6,8-10,16H2,1-2H3. The Kier molecular flexibility index (Phi) is 5.13. The average molecular weight is 381 g/mol. The molecule has 0 aliphatic carbocycles. The van der Waals surface area contributed by atoms with Crippen LogP contribution in [0.4, 0.5) is 0 Å². The van der Waals surface area contributed by atoms with Gasteiger partial charge in [0.2, 0.25) is 10.0 Å². The Labute approximate surface area is 142 Å². The highest BCUT2D eigenvalue weighted by atomic mass is 35.5. The molecule has 130 valence electrons. The highest BCUT2D eigenvalue weighted by molar-refractivity contribution is 7.90. The Balaban J connectivity index is 2.46. The van der Waals surface area contributed by atoms with E-state index < -0.39 is 19.9 Å². The number of sulfonamides is 1. The van der Waals surface area contributed by atoms with Crippen LogP contribution in [-0.4, -0.2) is 47.0 Å². The summed E-state index contributed by atoms with van der Waals surface area (Å²) in [6.45, 7) is 3.01. The first-order chi connectivity index (χ1) is 10.5. The molecule has 1 heterocycles. The largest absolute Gasteiger partial charge is 0.330 e. The number of rotatable bonds is 5. The lowest BCUT2D eigenvalue weighted by molar-refractivity contribution is 0.349. The third kappa shape index (κ3) is 4.24. The van der Waals surface area contributed by atoms with Crippen LogP contribution in [0.5, 0.6) is 0 Å². The number of nitrogens with zero attached hydrogens (tertiary/aromatic N) is 1. The van der Waals surface area contributed by atoms with Crippen molar-refractivity contribution >= 4 is 31.5 Å². The van der Waals surface area contributed by atoms with Crippen LogP contribution in [0.25, 0.3) is 0 Å². The van der Waals surface area contributed by atoms with E-state index in [9.17, 15) is 16.8 Å². The fraction of sp³-hybridized carbons (Fsp3) is 0.571. The Hall–Kier alpha value is -0.670. The molecule has 1 unspecified atom stereocenters. The molecule has 2 N–H and O–H groups in total. The molecule has 2 rings (SSSR count). The highest BCUT2D eigenvalue weighted by Crippen LogP contribution is 2.34. The summed E-state index contributed by atoms with van der Waals surface area (Å²) in [5, 5.41) is 0.251. The van der Waals surface area contributed by atoms with Crippen LogP contribution in [0.2, 0.25) is 5.02 Å². The molecule has 23 heavy (non-hydrogen) atoms. The van der Waals surface area contributed by atoms with E-state index in [4.69, 9.17) is 17.3 Å². The summed E-state index contributed by atoms with van der Waals surface area (Å²) in [6.07, 6.45) is 1.74. The third-order valence-electron chi connectivity index (χ3n) is 4.08. The van der Waals surface area contributed by atoms with Gasteiger partial charge in [0.1, 0.15) is 0 Å². The lowest BCUT2D eigenvalue weighted by Crippen LogP contribution is -2.35. The Bertz CT molecular complexity index is 808. The molecule has 1 atom stereocenters. The first-order valence-electron chi connectivity index (χ1n) is 7.13. The van der Waals surface area contributed by atoms with E-state index in [1.54, 1.807) is 0 Å². The average Bonchev–Trinajstić information content (AvgIpc) is 2.83. The maximum Gasteiger partial charge on any atom is 0.243 e. The van der Waals surface area contributed by atoms with Gasteiger partial charge in [0.05, 0.1) is 10.6 Å². The molecule has 1 aromatic rings. The Morgan fingerprint density at radius 3 is 2.48 bits per heavy atom. The van der Waals surface area contributed by atoms with Crippen molar-refractivity contribution in [2.24, 2.45) is 11.1 Å².